The number of likely N-dealkylation sites (tertiary alicyclic amines) is 1. The molecule has 39 heavy (non-hydrogen) atoms. The van der Waals surface area contributed by atoms with Crippen LogP contribution in [0, 0.1) is 17.8 Å². The average molecular weight is 536 g/mol. The summed E-state index contributed by atoms with van der Waals surface area (Å²) in [6.45, 7) is 5.82. The van der Waals surface area contributed by atoms with Crippen molar-refractivity contribution in [3.8, 4) is 0 Å². The molecule has 4 aliphatic rings. The second kappa shape index (κ2) is 9.27. The number of fused-ring (bicyclic) bond motifs is 3. The van der Waals surface area contributed by atoms with Crippen LogP contribution in [0.15, 0.2) is 48.6 Å². The van der Waals surface area contributed by atoms with Crippen LogP contribution in [-0.4, -0.2) is 90.7 Å². The molecule has 4 aliphatic heterocycles. The monoisotopic (exact) mass is 535 g/mol. The Labute approximate surface area is 226 Å². The Morgan fingerprint density at radius 1 is 1.10 bits per heavy atom. The number of ether oxygens (including phenoxy) is 2. The summed E-state index contributed by atoms with van der Waals surface area (Å²) in [7, 11) is 0. The quantitative estimate of drug-likeness (QED) is 0.433. The lowest BCUT2D eigenvalue weighted by atomic mass is 9.73. The zero-order valence-electron chi connectivity index (χ0n) is 22.3. The number of carbonyl (C=O) groups is 3. The molecule has 6 rings (SSSR count). The molecule has 0 radical (unpaired) electrons. The molecule has 2 amide bonds. The molecular formula is C28H33N5O6. The van der Waals surface area contributed by atoms with Gasteiger partial charge in [0.2, 0.25) is 5.91 Å². The number of amides is 2. The Balaban J connectivity index is 1.48. The Morgan fingerprint density at radius 3 is 2.64 bits per heavy atom. The Hall–Kier alpha value is -3.57. The fraction of sp³-hybridized carbons (Fsp3) is 0.536. The van der Waals surface area contributed by atoms with E-state index in [9.17, 15) is 19.5 Å². The molecule has 1 N–H and O–H groups in total. The van der Waals surface area contributed by atoms with Crippen molar-refractivity contribution in [2.24, 2.45) is 17.8 Å². The highest BCUT2D eigenvalue weighted by molar-refractivity contribution is 5.99. The van der Waals surface area contributed by atoms with Gasteiger partial charge in [-0.15, -0.1) is 5.10 Å². The fourth-order valence-electron chi connectivity index (χ4n) is 6.87. The number of benzene rings is 1. The molecule has 1 unspecified atom stereocenters. The van der Waals surface area contributed by atoms with Crippen molar-refractivity contribution in [1.29, 1.82) is 0 Å². The first kappa shape index (κ1) is 25.7. The van der Waals surface area contributed by atoms with Crippen LogP contribution in [0.1, 0.15) is 27.2 Å². The van der Waals surface area contributed by atoms with Crippen LogP contribution in [0.4, 0.5) is 0 Å². The van der Waals surface area contributed by atoms with Crippen molar-refractivity contribution < 1.29 is 29.0 Å². The number of aliphatic hydroxyl groups excluding tert-OH is 1. The highest BCUT2D eigenvalue weighted by Crippen LogP contribution is 2.59. The van der Waals surface area contributed by atoms with Gasteiger partial charge in [0.25, 0.3) is 5.91 Å². The third-order valence-corrected chi connectivity index (χ3v) is 8.76. The predicted octanol–water partition coefficient (Wildman–Crippen LogP) is 1.28. The van der Waals surface area contributed by atoms with E-state index in [-0.39, 0.29) is 44.2 Å². The number of carbonyl (C=O) groups excluding carboxylic acids is 3. The minimum Gasteiger partial charge on any atom is -0.461 e. The number of hydrogen-bond donors (Lipinski definition) is 1. The molecule has 11 heteroatoms. The molecule has 0 aliphatic carbocycles. The van der Waals surface area contributed by atoms with Crippen molar-refractivity contribution in [3.63, 3.8) is 0 Å². The van der Waals surface area contributed by atoms with E-state index in [1.54, 1.807) is 21.7 Å². The van der Waals surface area contributed by atoms with Crippen molar-refractivity contribution in [2.75, 3.05) is 19.8 Å². The number of hydrogen-bond acceptors (Lipinski definition) is 8. The molecule has 0 bridgehead atoms. The number of nitrogens with zero attached hydrogens (tertiary/aromatic N) is 5. The third-order valence-electron chi connectivity index (χ3n) is 8.76. The summed E-state index contributed by atoms with van der Waals surface area (Å²) in [5.74, 6) is -3.28. The summed E-state index contributed by atoms with van der Waals surface area (Å²) < 4.78 is 14.0. The lowest BCUT2D eigenvalue weighted by molar-refractivity contribution is -0.162. The summed E-state index contributed by atoms with van der Waals surface area (Å²) in [6.07, 6.45) is 7.60. The first-order valence-electron chi connectivity index (χ1n) is 13.5. The molecule has 5 heterocycles. The van der Waals surface area contributed by atoms with Gasteiger partial charge in [-0.2, -0.15) is 0 Å². The van der Waals surface area contributed by atoms with E-state index in [1.807, 2.05) is 57.2 Å². The van der Waals surface area contributed by atoms with Gasteiger partial charge >= 0.3 is 5.97 Å². The molecule has 1 aromatic carbocycles. The Kier molecular flexibility index (Phi) is 6.11. The van der Waals surface area contributed by atoms with Crippen LogP contribution >= 0.6 is 0 Å². The maximum absolute atomic E-state index is 14.5. The molecular weight excluding hydrogens is 502 g/mol. The normalized spacial score (nSPS) is 32.7. The molecule has 2 saturated heterocycles. The second-order valence-corrected chi connectivity index (χ2v) is 11.1. The maximum atomic E-state index is 14.5. The van der Waals surface area contributed by atoms with Crippen LogP contribution in [0.2, 0.25) is 0 Å². The number of para-hydroxylation sites is 1. The molecule has 2 fully saturated rings. The van der Waals surface area contributed by atoms with Crippen LogP contribution in [-0.2, 0) is 30.5 Å². The topological polar surface area (TPSA) is 127 Å². The van der Waals surface area contributed by atoms with E-state index in [2.05, 4.69) is 10.3 Å². The number of aliphatic hydroxyl groups is 1. The molecule has 0 saturated carbocycles. The van der Waals surface area contributed by atoms with Crippen LogP contribution in [0.3, 0.4) is 0 Å². The molecule has 206 valence electrons. The zero-order valence-corrected chi connectivity index (χ0v) is 22.3. The smallest absolute Gasteiger partial charge is 0.313 e. The van der Waals surface area contributed by atoms with Gasteiger partial charge in [0.15, 0.2) is 0 Å². The van der Waals surface area contributed by atoms with Gasteiger partial charge in [0, 0.05) is 6.54 Å². The third kappa shape index (κ3) is 3.59. The van der Waals surface area contributed by atoms with E-state index in [1.165, 1.54) is 4.90 Å². The summed E-state index contributed by atoms with van der Waals surface area (Å²) in [5, 5.41) is 18.9. The number of esters is 1. The minimum atomic E-state index is -1.41. The molecule has 11 nitrogen and oxygen atoms in total. The lowest BCUT2D eigenvalue weighted by Crippen LogP contribution is -2.59. The first-order valence-corrected chi connectivity index (χ1v) is 13.5. The minimum absolute atomic E-state index is 0.0984. The molecule has 1 aromatic heterocycles. The van der Waals surface area contributed by atoms with Gasteiger partial charge in [-0.1, -0.05) is 56.3 Å². The van der Waals surface area contributed by atoms with E-state index < -0.39 is 41.1 Å². The molecule has 2 aromatic rings. The largest absolute Gasteiger partial charge is 0.461 e. The highest BCUT2D eigenvalue weighted by atomic mass is 16.6. The van der Waals surface area contributed by atoms with Crippen LogP contribution in [0.5, 0.6) is 0 Å². The van der Waals surface area contributed by atoms with Crippen molar-refractivity contribution in [1.82, 2.24) is 24.8 Å². The Bertz CT molecular complexity index is 1390. The second-order valence-electron chi connectivity index (χ2n) is 11.1. The van der Waals surface area contributed by atoms with Crippen LogP contribution in [0.25, 0.3) is 11.0 Å². The summed E-state index contributed by atoms with van der Waals surface area (Å²) in [4.78, 5) is 45.3. The molecule has 6 atom stereocenters. The fourth-order valence-corrected chi connectivity index (χ4v) is 6.87. The van der Waals surface area contributed by atoms with E-state index in [4.69, 9.17) is 9.47 Å². The van der Waals surface area contributed by atoms with Gasteiger partial charge in [0.1, 0.15) is 42.0 Å². The van der Waals surface area contributed by atoms with E-state index >= 15 is 0 Å². The highest BCUT2D eigenvalue weighted by Gasteiger charge is 2.76. The van der Waals surface area contributed by atoms with Gasteiger partial charge in [-0.3, -0.25) is 14.4 Å². The predicted molar refractivity (Wildman–Crippen MR) is 139 cm³/mol. The number of rotatable bonds is 6. The first-order chi connectivity index (χ1) is 18.8. The van der Waals surface area contributed by atoms with Gasteiger partial charge in [-0.05, 0) is 30.5 Å². The van der Waals surface area contributed by atoms with Crippen molar-refractivity contribution in [2.45, 2.75) is 57.1 Å². The van der Waals surface area contributed by atoms with Gasteiger partial charge in [0.05, 0.1) is 24.1 Å². The molecule has 1 spiro atoms. The zero-order chi connectivity index (χ0) is 27.5. The van der Waals surface area contributed by atoms with Crippen molar-refractivity contribution >= 4 is 28.8 Å². The van der Waals surface area contributed by atoms with Gasteiger partial charge in [-0.25, -0.2) is 4.68 Å². The SMILES string of the molecule is CC[C@]12C=CCOC(=O)[C@H]1[C@H]1C(=O)N([C@@H](CO)C(C)C)C3C(=O)N(Cn4nnc5ccccc54)CC=C[C@@]31O2. The van der Waals surface area contributed by atoms with Crippen molar-refractivity contribution in [3.05, 3.63) is 48.6 Å². The van der Waals surface area contributed by atoms with E-state index in [0.29, 0.717) is 11.9 Å². The Morgan fingerprint density at radius 2 is 1.90 bits per heavy atom. The summed E-state index contributed by atoms with van der Waals surface area (Å²) in [6, 6.07) is 5.75. The average Bonchev–Trinajstić information content (AvgIpc) is 3.45. The van der Waals surface area contributed by atoms with Gasteiger partial charge < -0.3 is 24.4 Å². The number of cyclic esters (lactones) is 1. The summed E-state index contributed by atoms with van der Waals surface area (Å²) >= 11 is 0. The number of aromatic nitrogens is 3. The maximum Gasteiger partial charge on any atom is 0.313 e. The van der Waals surface area contributed by atoms with E-state index in [0.717, 1.165) is 5.52 Å². The summed E-state index contributed by atoms with van der Waals surface area (Å²) in [5.41, 5.74) is -1.01. The lowest BCUT2D eigenvalue weighted by Gasteiger charge is -2.41. The standard InChI is InChI=1S/C28H33N5O6/c1-4-27-11-8-14-38-26(37)22(27)21-24(35)33(20(15-34)17(2)3)23-25(36)31(13-7-12-28(21,23)39-27)16-32-19-10-6-5-9-18(19)29-30-32/h5-12,17,20-23,34H,4,13-16H2,1-3H3/t20-,21-,22+,23?,27-,28-/m0/s1. The van der Waals surface area contributed by atoms with Crippen LogP contribution < -0.4 is 0 Å².